The van der Waals surface area contributed by atoms with E-state index in [0.717, 1.165) is 30.9 Å². The Hall–Kier alpha value is -1.62. The number of nitrogens with zero attached hydrogens (tertiary/aromatic N) is 1. The summed E-state index contributed by atoms with van der Waals surface area (Å²) in [6.07, 6.45) is 1.04. The van der Waals surface area contributed by atoms with Crippen molar-refractivity contribution >= 4 is 11.4 Å². The van der Waals surface area contributed by atoms with Crippen molar-refractivity contribution in [3.05, 3.63) is 33.4 Å². The van der Waals surface area contributed by atoms with E-state index in [-0.39, 0.29) is 16.7 Å². The third-order valence-electron chi connectivity index (χ3n) is 3.79. The van der Waals surface area contributed by atoms with Gasteiger partial charge in [-0.1, -0.05) is 0 Å². The summed E-state index contributed by atoms with van der Waals surface area (Å²) >= 11 is 0. The summed E-state index contributed by atoms with van der Waals surface area (Å²) in [7, 11) is 0. The molecule has 1 aromatic rings. The maximum Gasteiger partial charge on any atom is 0.274 e. The Morgan fingerprint density at radius 2 is 2.16 bits per heavy atom. The molecule has 5 nitrogen and oxygen atoms in total. The third kappa shape index (κ3) is 3.04. The van der Waals surface area contributed by atoms with Crippen LogP contribution in [0.4, 0.5) is 11.4 Å². The molecule has 0 spiro atoms. The Labute approximate surface area is 113 Å². The number of benzene rings is 1. The molecule has 2 rings (SSSR count). The fourth-order valence-electron chi connectivity index (χ4n) is 2.50. The minimum absolute atomic E-state index is 0.169. The first-order chi connectivity index (χ1) is 8.99. The molecule has 1 aliphatic heterocycles. The minimum atomic E-state index is -0.330. The van der Waals surface area contributed by atoms with Crippen molar-refractivity contribution in [2.45, 2.75) is 33.2 Å². The molecule has 1 N–H and O–H groups in total. The number of hydrogen-bond donors (Lipinski definition) is 1. The Kier molecular flexibility index (Phi) is 4.04. The third-order valence-corrected chi connectivity index (χ3v) is 3.79. The van der Waals surface area contributed by atoms with Crippen molar-refractivity contribution in [1.82, 2.24) is 0 Å². The lowest BCUT2D eigenvalue weighted by atomic mass is 9.99. The van der Waals surface area contributed by atoms with Gasteiger partial charge in [-0.2, -0.15) is 0 Å². The van der Waals surface area contributed by atoms with Crippen LogP contribution >= 0.6 is 0 Å². The predicted molar refractivity (Wildman–Crippen MR) is 74.6 cm³/mol. The Balaban J connectivity index is 2.19. The molecule has 19 heavy (non-hydrogen) atoms. The second kappa shape index (κ2) is 5.57. The average Bonchev–Trinajstić information content (AvgIpc) is 2.85. The molecule has 1 aromatic carbocycles. The van der Waals surface area contributed by atoms with Gasteiger partial charge < -0.3 is 10.1 Å². The molecule has 2 unspecified atom stereocenters. The second-order valence-corrected chi connectivity index (χ2v) is 5.27. The van der Waals surface area contributed by atoms with Gasteiger partial charge in [0.1, 0.15) is 0 Å². The van der Waals surface area contributed by atoms with Crippen molar-refractivity contribution in [1.29, 1.82) is 0 Å². The molecular weight excluding hydrogens is 244 g/mol. The zero-order valence-corrected chi connectivity index (χ0v) is 11.6. The van der Waals surface area contributed by atoms with Gasteiger partial charge in [0, 0.05) is 35.9 Å². The largest absolute Gasteiger partial charge is 0.382 e. The normalized spacial score (nSPS) is 20.3. The van der Waals surface area contributed by atoms with Crippen LogP contribution in [0.15, 0.2) is 12.1 Å². The maximum absolute atomic E-state index is 11.0. The molecule has 1 fully saturated rings. The zero-order valence-electron chi connectivity index (χ0n) is 11.6. The number of aryl methyl sites for hydroxylation is 2. The molecule has 0 amide bonds. The number of anilines is 1. The maximum atomic E-state index is 11.0. The van der Waals surface area contributed by atoms with E-state index >= 15 is 0 Å². The van der Waals surface area contributed by atoms with Gasteiger partial charge in [-0.25, -0.2) is 0 Å². The smallest absolute Gasteiger partial charge is 0.274 e. The molecule has 5 heteroatoms. The molecule has 1 saturated heterocycles. The molecule has 1 aliphatic rings. The van der Waals surface area contributed by atoms with E-state index in [4.69, 9.17) is 4.74 Å². The topological polar surface area (TPSA) is 64.4 Å². The molecule has 2 atom stereocenters. The summed E-state index contributed by atoms with van der Waals surface area (Å²) < 4.78 is 5.38. The number of nitro groups is 1. The van der Waals surface area contributed by atoms with E-state index in [9.17, 15) is 10.1 Å². The van der Waals surface area contributed by atoms with Crippen LogP contribution in [-0.4, -0.2) is 24.2 Å². The van der Waals surface area contributed by atoms with Gasteiger partial charge in [-0.3, -0.25) is 10.1 Å². The highest BCUT2D eigenvalue weighted by Gasteiger charge is 2.23. The number of rotatable bonds is 4. The van der Waals surface area contributed by atoms with Crippen molar-refractivity contribution in [2.24, 2.45) is 5.92 Å². The van der Waals surface area contributed by atoms with Crippen LogP contribution in [0.3, 0.4) is 0 Å². The molecule has 0 aliphatic carbocycles. The first kappa shape index (κ1) is 13.8. The molecule has 0 aromatic heterocycles. The van der Waals surface area contributed by atoms with Gasteiger partial charge in [0.05, 0.1) is 11.5 Å². The summed E-state index contributed by atoms with van der Waals surface area (Å²) in [5.74, 6) is 0.472. The van der Waals surface area contributed by atoms with Crippen LogP contribution in [0.2, 0.25) is 0 Å². The van der Waals surface area contributed by atoms with Crippen molar-refractivity contribution in [2.75, 3.05) is 18.5 Å². The summed E-state index contributed by atoms with van der Waals surface area (Å²) in [6.45, 7) is 7.41. The summed E-state index contributed by atoms with van der Waals surface area (Å²) in [5.41, 5.74) is 2.75. The number of nitrogens with one attached hydrogen (secondary N) is 1. The molecule has 1 heterocycles. The first-order valence-corrected chi connectivity index (χ1v) is 6.59. The Morgan fingerprint density at radius 3 is 2.74 bits per heavy atom. The van der Waals surface area contributed by atoms with Crippen LogP contribution in [0.25, 0.3) is 0 Å². The lowest BCUT2D eigenvalue weighted by molar-refractivity contribution is -0.385. The van der Waals surface area contributed by atoms with E-state index in [2.05, 4.69) is 12.2 Å². The highest BCUT2D eigenvalue weighted by Crippen LogP contribution is 2.28. The summed E-state index contributed by atoms with van der Waals surface area (Å²) in [6, 6.07) is 3.75. The quantitative estimate of drug-likeness (QED) is 0.670. The fourth-order valence-corrected chi connectivity index (χ4v) is 2.50. The van der Waals surface area contributed by atoms with Crippen molar-refractivity contribution in [3.63, 3.8) is 0 Å². The molecule has 0 bridgehead atoms. The number of hydrogen-bond acceptors (Lipinski definition) is 4. The number of nitro benzene ring substituents is 1. The molecular formula is C14H20N2O3. The van der Waals surface area contributed by atoms with E-state index < -0.39 is 0 Å². The van der Waals surface area contributed by atoms with Gasteiger partial charge in [0.15, 0.2) is 0 Å². The van der Waals surface area contributed by atoms with Crippen LogP contribution in [0.5, 0.6) is 0 Å². The average molecular weight is 264 g/mol. The highest BCUT2D eigenvalue weighted by atomic mass is 16.6. The number of ether oxygens (including phenoxy) is 1. The van der Waals surface area contributed by atoms with Crippen molar-refractivity contribution < 1.29 is 9.66 Å². The van der Waals surface area contributed by atoms with Crippen LogP contribution in [-0.2, 0) is 4.74 Å². The van der Waals surface area contributed by atoms with E-state index in [0.29, 0.717) is 11.5 Å². The highest BCUT2D eigenvalue weighted by molar-refractivity contribution is 5.60. The van der Waals surface area contributed by atoms with Gasteiger partial charge in [-0.15, -0.1) is 0 Å². The van der Waals surface area contributed by atoms with Crippen LogP contribution in [0, 0.1) is 29.9 Å². The predicted octanol–water partition coefficient (Wildman–Crippen LogP) is 3.05. The van der Waals surface area contributed by atoms with Crippen LogP contribution in [0.1, 0.15) is 24.5 Å². The van der Waals surface area contributed by atoms with Gasteiger partial charge in [0.2, 0.25) is 0 Å². The molecule has 0 saturated carbocycles. The van der Waals surface area contributed by atoms with Gasteiger partial charge >= 0.3 is 0 Å². The lowest BCUT2D eigenvalue weighted by Gasteiger charge is -2.21. The summed E-state index contributed by atoms with van der Waals surface area (Å²) in [5, 5.41) is 14.4. The second-order valence-electron chi connectivity index (χ2n) is 5.27. The molecule has 104 valence electrons. The SMILES string of the molecule is Cc1cc(C)c([N+](=O)[O-])cc1NC(C)C1CCOC1. The van der Waals surface area contributed by atoms with E-state index in [1.165, 1.54) is 0 Å². The Morgan fingerprint density at radius 1 is 1.42 bits per heavy atom. The van der Waals surface area contributed by atoms with Gasteiger partial charge in [-0.05, 0) is 38.8 Å². The van der Waals surface area contributed by atoms with Crippen LogP contribution < -0.4 is 5.32 Å². The molecule has 0 radical (unpaired) electrons. The Bertz CT molecular complexity index is 482. The van der Waals surface area contributed by atoms with Gasteiger partial charge in [0.25, 0.3) is 5.69 Å². The standard InChI is InChI=1S/C14H20N2O3/c1-9-6-10(2)14(16(17)18)7-13(9)15-11(3)12-4-5-19-8-12/h6-7,11-12,15H,4-5,8H2,1-3H3. The first-order valence-electron chi connectivity index (χ1n) is 6.59. The van der Waals surface area contributed by atoms with E-state index in [1.807, 2.05) is 13.0 Å². The fraction of sp³-hybridized carbons (Fsp3) is 0.571. The lowest BCUT2D eigenvalue weighted by Crippen LogP contribution is -2.26. The monoisotopic (exact) mass is 264 g/mol. The van der Waals surface area contributed by atoms with Crippen molar-refractivity contribution in [3.8, 4) is 0 Å². The zero-order chi connectivity index (χ0) is 14.0. The minimum Gasteiger partial charge on any atom is -0.382 e. The summed E-state index contributed by atoms with van der Waals surface area (Å²) in [4.78, 5) is 10.7. The van der Waals surface area contributed by atoms with E-state index in [1.54, 1.807) is 13.0 Å².